The van der Waals surface area contributed by atoms with Crippen LogP contribution >= 0.6 is 0 Å². The van der Waals surface area contributed by atoms with Crippen molar-refractivity contribution >= 4 is 0 Å². The maximum absolute atomic E-state index is 6.48. The smallest absolute Gasteiger partial charge is 0.162 e. The molecule has 1 saturated heterocycles. The van der Waals surface area contributed by atoms with Gasteiger partial charge >= 0.3 is 0 Å². The van der Waals surface area contributed by atoms with Crippen molar-refractivity contribution < 1.29 is 14.2 Å². The van der Waals surface area contributed by atoms with Crippen LogP contribution in [0.2, 0.25) is 0 Å². The van der Waals surface area contributed by atoms with E-state index in [0.29, 0.717) is 12.6 Å². The highest BCUT2D eigenvalue weighted by molar-refractivity contribution is 5.40. The molecule has 1 fully saturated rings. The van der Waals surface area contributed by atoms with Crippen molar-refractivity contribution in [2.45, 2.75) is 39.0 Å². The maximum atomic E-state index is 6.48. The minimum absolute atomic E-state index is 0.0248. The van der Waals surface area contributed by atoms with Gasteiger partial charge in [-0.1, -0.05) is 42.5 Å². The van der Waals surface area contributed by atoms with Crippen molar-refractivity contribution in [2.24, 2.45) is 0 Å². The zero-order valence-corrected chi connectivity index (χ0v) is 15.9. The first kappa shape index (κ1) is 18.7. The summed E-state index contributed by atoms with van der Waals surface area (Å²) < 4.78 is 18.4. The van der Waals surface area contributed by atoms with Gasteiger partial charge in [0.25, 0.3) is 0 Å². The molecule has 0 aromatic heterocycles. The third-order valence-electron chi connectivity index (χ3n) is 4.72. The van der Waals surface area contributed by atoms with Gasteiger partial charge < -0.3 is 14.2 Å². The van der Waals surface area contributed by atoms with E-state index in [1.54, 1.807) is 0 Å². The summed E-state index contributed by atoms with van der Waals surface area (Å²) in [5.74, 6) is 1.53. The Morgan fingerprint density at radius 2 is 1.73 bits per heavy atom. The molecule has 3 rings (SSSR count). The van der Waals surface area contributed by atoms with E-state index in [-0.39, 0.29) is 12.2 Å². The number of ether oxygens (including phenoxy) is 3. The number of para-hydroxylation sites is 2. The Bertz CT molecular complexity index is 674. The van der Waals surface area contributed by atoms with Gasteiger partial charge in [0.05, 0.1) is 13.2 Å². The zero-order chi connectivity index (χ0) is 18.4. The van der Waals surface area contributed by atoms with E-state index in [0.717, 1.165) is 36.8 Å². The van der Waals surface area contributed by atoms with Gasteiger partial charge in [-0.25, -0.2) is 0 Å². The monoisotopic (exact) mass is 355 g/mol. The second-order valence-electron chi connectivity index (χ2n) is 6.83. The van der Waals surface area contributed by atoms with Crippen molar-refractivity contribution in [1.82, 2.24) is 4.90 Å². The van der Waals surface area contributed by atoms with Crippen LogP contribution in [0.1, 0.15) is 32.4 Å². The van der Waals surface area contributed by atoms with E-state index in [1.807, 2.05) is 49.4 Å². The molecule has 0 radical (unpaired) electrons. The van der Waals surface area contributed by atoms with Crippen LogP contribution in [-0.2, 0) is 4.74 Å². The summed E-state index contributed by atoms with van der Waals surface area (Å²) in [6.45, 7) is 9.59. The normalized spacial score (nSPS) is 19.3. The van der Waals surface area contributed by atoms with Crippen LogP contribution in [0.25, 0.3) is 0 Å². The molecule has 0 N–H and O–H groups in total. The number of rotatable bonds is 7. The number of benzene rings is 2. The minimum Gasteiger partial charge on any atom is -0.490 e. The Balaban J connectivity index is 1.87. The molecule has 4 heteroatoms. The fourth-order valence-corrected chi connectivity index (χ4v) is 3.31. The molecular formula is C22H29NO3. The molecule has 4 nitrogen and oxygen atoms in total. The summed E-state index contributed by atoms with van der Waals surface area (Å²) in [4.78, 5) is 2.45. The summed E-state index contributed by atoms with van der Waals surface area (Å²) in [5, 5.41) is 0. The lowest BCUT2D eigenvalue weighted by molar-refractivity contribution is -0.0889. The average Bonchev–Trinajstić information content (AvgIpc) is 2.68. The molecule has 2 atom stereocenters. The highest BCUT2D eigenvalue weighted by Gasteiger charge is 2.32. The molecule has 140 valence electrons. The molecule has 0 amide bonds. The molecule has 2 aromatic carbocycles. The highest BCUT2D eigenvalue weighted by atomic mass is 16.6. The first-order valence-corrected chi connectivity index (χ1v) is 9.48. The van der Waals surface area contributed by atoms with Crippen LogP contribution < -0.4 is 9.47 Å². The standard InChI is InChI=1S/C22H29NO3/c1-4-24-19-12-8-9-13-20(19)26-22(18-10-6-5-7-11-18)21-16-23(17(2)3)14-15-25-21/h5-13,17,21-22H,4,14-16H2,1-3H3. The van der Waals surface area contributed by atoms with Gasteiger partial charge in [-0.15, -0.1) is 0 Å². The van der Waals surface area contributed by atoms with Gasteiger partial charge in [-0.05, 0) is 38.5 Å². The number of morpholine rings is 1. The van der Waals surface area contributed by atoms with Crippen molar-refractivity contribution in [2.75, 3.05) is 26.3 Å². The van der Waals surface area contributed by atoms with Crippen LogP contribution in [0.5, 0.6) is 11.5 Å². The third kappa shape index (κ3) is 4.57. The Morgan fingerprint density at radius 3 is 2.42 bits per heavy atom. The second kappa shape index (κ2) is 9.06. The van der Waals surface area contributed by atoms with E-state index in [2.05, 4.69) is 30.9 Å². The number of hydrogen-bond donors (Lipinski definition) is 0. The molecule has 1 aliphatic heterocycles. The molecule has 0 bridgehead atoms. The molecule has 2 aromatic rings. The second-order valence-corrected chi connectivity index (χ2v) is 6.83. The van der Waals surface area contributed by atoms with Crippen molar-refractivity contribution in [3.63, 3.8) is 0 Å². The maximum Gasteiger partial charge on any atom is 0.162 e. The molecule has 0 aliphatic carbocycles. The van der Waals surface area contributed by atoms with Crippen LogP contribution in [0, 0.1) is 0 Å². The van der Waals surface area contributed by atoms with Gasteiger partial charge in [-0.3, -0.25) is 4.90 Å². The Kier molecular flexibility index (Phi) is 6.53. The van der Waals surface area contributed by atoms with Gasteiger partial charge in [-0.2, -0.15) is 0 Å². The first-order chi connectivity index (χ1) is 12.7. The number of nitrogens with zero attached hydrogens (tertiary/aromatic N) is 1. The predicted octanol–water partition coefficient (Wildman–Crippen LogP) is 4.31. The lowest BCUT2D eigenvalue weighted by Crippen LogP contribution is -2.48. The molecule has 2 unspecified atom stereocenters. The molecule has 0 saturated carbocycles. The van der Waals surface area contributed by atoms with E-state index in [4.69, 9.17) is 14.2 Å². The highest BCUT2D eigenvalue weighted by Crippen LogP contribution is 2.34. The SMILES string of the molecule is CCOc1ccccc1OC(c1ccccc1)C1CN(C(C)C)CCO1. The summed E-state index contributed by atoms with van der Waals surface area (Å²) >= 11 is 0. The molecule has 26 heavy (non-hydrogen) atoms. The van der Waals surface area contributed by atoms with Crippen LogP contribution in [-0.4, -0.2) is 43.3 Å². The van der Waals surface area contributed by atoms with Gasteiger partial charge in [0, 0.05) is 19.1 Å². The largest absolute Gasteiger partial charge is 0.490 e. The first-order valence-electron chi connectivity index (χ1n) is 9.48. The van der Waals surface area contributed by atoms with Crippen molar-refractivity contribution in [3.8, 4) is 11.5 Å². The van der Waals surface area contributed by atoms with Crippen molar-refractivity contribution in [3.05, 3.63) is 60.2 Å². The fourth-order valence-electron chi connectivity index (χ4n) is 3.31. The molecule has 1 aliphatic rings. The third-order valence-corrected chi connectivity index (χ3v) is 4.72. The summed E-state index contributed by atoms with van der Waals surface area (Å²) in [6.07, 6.45) is -0.206. The van der Waals surface area contributed by atoms with Crippen LogP contribution in [0.15, 0.2) is 54.6 Å². The Morgan fingerprint density at radius 1 is 1.04 bits per heavy atom. The topological polar surface area (TPSA) is 30.9 Å². The van der Waals surface area contributed by atoms with Gasteiger partial charge in [0.15, 0.2) is 17.6 Å². The fraction of sp³-hybridized carbons (Fsp3) is 0.455. The summed E-state index contributed by atoms with van der Waals surface area (Å²) in [5.41, 5.74) is 1.12. The van der Waals surface area contributed by atoms with Crippen molar-refractivity contribution in [1.29, 1.82) is 0 Å². The lowest BCUT2D eigenvalue weighted by Gasteiger charge is -2.39. The molecule has 0 spiro atoms. The average molecular weight is 355 g/mol. The Hall–Kier alpha value is -2.04. The van der Waals surface area contributed by atoms with E-state index >= 15 is 0 Å². The predicted molar refractivity (Wildman–Crippen MR) is 104 cm³/mol. The Labute approximate surface area is 156 Å². The number of hydrogen-bond acceptors (Lipinski definition) is 4. The van der Waals surface area contributed by atoms with Crippen LogP contribution in [0.4, 0.5) is 0 Å². The van der Waals surface area contributed by atoms with E-state index < -0.39 is 0 Å². The van der Waals surface area contributed by atoms with Gasteiger partial charge in [0.2, 0.25) is 0 Å². The molecule has 1 heterocycles. The summed E-state index contributed by atoms with van der Waals surface area (Å²) in [6, 6.07) is 18.7. The minimum atomic E-state index is -0.181. The zero-order valence-electron chi connectivity index (χ0n) is 15.9. The summed E-state index contributed by atoms with van der Waals surface area (Å²) in [7, 11) is 0. The van der Waals surface area contributed by atoms with Gasteiger partial charge in [0.1, 0.15) is 6.10 Å². The lowest BCUT2D eigenvalue weighted by atomic mass is 10.0. The molecular weight excluding hydrogens is 326 g/mol. The quantitative estimate of drug-likeness (QED) is 0.740. The van der Waals surface area contributed by atoms with E-state index in [9.17, 15) is 0 Å². The van der Waals surface area contributed by atoms with Crippen LogP contribution in [0.3, 0.4) is 0 Å². The van der Waals surface area contributed by atoms with E-state index in [1.165, 1.54) is 0 Å².